The number of amides is 1. The SMILES string of the molecule is CS(O)(O)NC(=O)C1CC1.Fc1ncccc1C1=CNNC=C1. The number of nitrogens with zero attached hydrogens (tertiary/aromatic N) is 1. The van der Waals surface area contributed by atoms with Crippen LogP contribution in [0.15, 0.2) is 36.8 Å². The summed E-state index contributed by atoms with van der Waals surface area (Å²) < 4.78 is 32.8. The number of carbonyl (C=O) groups is 1. The minimum Gasteiger partial charge on any atom is -0.309 e. The first kappa shape index (κ1) is 17.3. The first-order valence-corrected chi connectivity index (χ1v) is 8.86. The summed E-state index contributed by atoms with van der Waals surface area (Å²) in [5.41, 5.74) is 6.78. The Hall–Kier alpha value is -2.10. The minimum absolute atomic E-state index is 0.0334. The van der Waals surface area contributed by atoms with Crippen LogP contribution in [-0.4, -0.2) is 26.3 Å². The Kier molecular flexibility index (Phi) is 5.59. The molecule has 2 aliphatic rings. The van der Waals surface area contributed by atoms with Crippen LogP contribution in [0.2, 0.25) is 0 Å². The molecule has 1 aromatic heterocycles. The maximum absolute atomic E-state index is 13.1. The molecular formula is C14H19FN4O3S. The highest BCUT2D eigenvalue weighted by molar-refractivity contribution is 8.22. The predicted molar refractivity (Wildman–Crippen MR) is 87.2 cm³/mol. The van der Waals surface area contributed by atoms with Gasteiger partial charge in [-0.3, -0.25) is 18.6 Å². The van der Waals surface area contributed by atoms with Crippen molar-refractivity contribution < 1.29 is 18.3 Å². The first-order chi connectivity index (χ1) is 10.9. The van der Waals surface area contributed by atoms with Crippen LogP contribution >= 0.6 is 10.8 Å². The molecule has 0 unspecified atom stereocenters. The van der Waals surface area contributed by atoms with Gasteiger partial charge in [0, 0.05) is 41.9 Å². The van der Waals surface area contributed by atoms with E-state index in [0.29, 0.717) is 5.56 Å². The van der Waals surface area contributed by atoms with Crippen molar-refractivity contribution in [3.05, 3.63) is 48.3 Å². The number of allylic oxidation sites excluding steroid dienone is 2. The van der Waals surface area contributed by atoms with Gasteiger partial charge in [-0.1, -0.05) is 0 Å². The van der Waals surface area contributed by atoms with E-state index in [9.17, 15) is 9.18 Å². The Morgan fingerprint density at radius 2 is 2.17 bits per heavy atom. The zero-order chi connectivity index (χ0) is 16.9. The quantitative estimate of drug-likeness (QED) is 0.538. The molecule has 0 bridgehead atoms. The number of nitrogens with one attached hydrogen (secondary N) is 3. The lowest BCUT2D eigenvalue weighted by Crippen LogP contribution is -2.27. The molecular weight excluding hydrogens is 323 g/mol. The average molecular weight is 342 g/mol. The van der Waals surface area contributed by atoms with Gasteiger partial charge in [0.15, 0.2) is 0 Å². The van der Waals surface area contributed by atoms with Gasteiger partial charge in [-0.15, -0.1) is 10.8 Å². The first-order valence-electron chi connectivity index (χ1n) is 6.90. The Morgan fingerprint density at radius 3 is 2.70 bits per heavy atom. The van der Waals surface area contributed by atoms with Crippen molar-refractivity contribution in [2.24, 2.45) is 5.92 Å². The highest BCUT2D eigenvalue weighted by atomic mass is 32.3. The van der Waals surface area contributed by atoms with E-state index in [4.69, 9.17) is 9.11 Å². The summed E-state index contributed by atoms with van der Waals surface area (Å²) in [5.74, 6) is -0.657. The van der Waals surface area contributed by atoms with Gasteiger partial charge in [0.2, 0.25) is 11.9 Å². The summed E-state index contributed by atoms with van der Waals surface area (Å²) in [6.45, 7) is 0. The molecule has 1 fully saturated rings. The molecule has 1 aromatic rings. The number of halogens is 1. The molecule has 0 aromatic carbocycles. The number of aromatic nitrogens is 1. The van der Waals surface area contributed by atoms with Crippen molar-refractivity contribution in [1.29, 1.82) is 0 Å². The lowest BCUT2D eigenvalue weighted by Gasteiger charge is -2.27. The molecule has 1 saturated carbocycles. The third-order valence-corrected chi connectivity index (χ3v) is 3.56. The van der Waals surface area contributed by atoms with Crippen LogP contribution in [0.5, 0.6) is 0 Å². The van der Waals surface area contributed by atoms with E-state index in [2.05, 4.69) is 20.6 Å². The summed E-state index contributed by atoms with van der Waals surface area (Å²) in [4.78, 5) is 14.4. The fourth-order valence-corrected chi connectivity index (χ4v) is 2.28. The van der Waals surface area contributed by atoms with Gasteiger partial charge < -0.3 is 10.9 Å². The summed E-state index contributed by atoms with van der Waals surface area (Å²) in [7, 11) is -2.83. The minimum atomic E-state index is -2.83. The Bertz CT molecular complexity index is 627. The third-order valence-electron chi connectivity index (χ3n) is 2.97. The van der Waals surface area contributed by atoms with Gasteiger partial charge in [-0.05, 0) is 31.1 Å². The monoisotopic (exact) mass is 342 g/mol. The van der Waals surface area contributed by atoms with Crippen LogP contribution in [-0.2, 0) is 4.79 Å². The summed E-state index contributed by atoms with van der Waals surface area (Å²) in [5, 5.41) is 0. The van der Waals surface area contributed by atoms with Crippen LogP contribution in [0, 0.1) is 11.9 Å². The molecule has 2 heterocycles. The Balaban J connectivity index is 0.000000174. The predicted octanol–water partition coefficient (Wildman–Crippen LogP) is 1.99. The fourth-order valence-electron chi connectivity index (χ4n) is 1.74. The lowest BCUT2D eigenvalue weighted by atomic mass is 10.1. The molecule has 9 heteroatoms. The number of hydrogen-bond acceptors (Lipinski definition) is 6. The third kappa shape index (κ3) is 5.89. The standard InChI is InChI=1S/C9H8FN3.C5H11NO3S/c10-9-8(2-1-4-11-9)7-3-5-12-13-6-7;1-10(8,9)6-5(7)4-2-3-4/h1-6,12-13H;4,8-9H,2-3H2,1H3,(H,6,7). The highest BCUT2D eigenvalue weighted by Gasteiger charge is 2.31. The molecule has 3 rings (SSSR count). The maximum Gasteiger partial charge on any atom is 0.241 e. The zero-order valence-electron chi connectivity index (χ0n) is 12.5. The van der Waals surface area contributed by atoms with Gasteiger partial charge in [-0.25, -0.2) is 4.98 Å². The van der Waals surface area contributed by atoms with E-state index in [1.807, 2.05) is 0 Å². The van der Waals surface area contributed by atoms with Crippen LogP contribution in [0.25, 0.3) is 5.57 Å². The maximum atomic E-state index is 13.1. The van der Waals surface area contributed by atoms with E-state index in [1.165, 1.54) is 12.5 Å². The number of pyridine rings is 1. The highest BCUT2D eigenvalue weighted by Crippen LogP contribution is 2.34. The van der Waals surface area contributed by atoms with Gasteiger partial charge in [0.1, 0.15) is 0 Å². The van der Waals surface area contributed by atoms with Crippen molar-refractivity contribution in [3.8, 4) is 0 Å². The normalized spacial score (nSPS) is 17.0. The summed E-state index contributed by atoms with van der Waals surface area (Å²) in [6.07, 6.45) is 9.53. The van der Waals surface area contributed by atoms with Gasteiger partial charge in [0.25, 0.3) is 0 Å². The van der Waals surface area contributed by atoms with Crippen LogP contribution in [0.1, 0.15) is 18.4 Å². The summed E-state index contributed by atoms with van der Waals surface area (Å²) >= 11 is 0. The van der Waals surface area contributed by atoms with Crippen LogP contribution in [0.3, 0.4) is 0 Å². The second kappa shape index (κ2) is 7.44. The molecule has 0 radical (unpaired) electrons. The average Bonchev–Trinajstić information content (AvgIpc) is 3.32. The molecule has 0 spiro atoms. The summed E-state index contributed by atoms with van der Waals surface area (Å²) in [6, 6.07) is 3.39. The lowest BCUT2D eigenvalue weighted by molar-refractivity contribution is -0.120. The molecule has 23 heavy (non-hydrogen) atoms. The second-order valence-electron chi connectivity index (χ2n) is 5.14. The molecule has 0 saturated heterocycles. The van der Waals surface area contributed by atoms with E-state index < -0.39 is 16.7 Å². The molecule has 0 atom stereocenters. The van der Waals surface area contributed by atoms with Crippen LogP contribution in [0.4, 0.5) is 4.39 Å². The molecule has 5 N–H and O–H groups in total. The second-order valence-corrected chi connectivity index (χ2v) is 7.01. The van der Waals surface area contributed by atoms with Crippen molar-refractivity contribution in [3.63, 3.8) is 0 Å². The number of hydrazine groups is 1. The number of rotatable bonds is 3. The Morgan fingerprint density at radius 1 is 1.43 bits per heavy atom. The van der Waals surface area contributed by atoms with Gasteiger partial charge >= 0.3 is 0 Å². The molecule has 1 aliphatic heterocycles. The van der Waals surface area contributed by atoms with Crippen molar-refractivity contribution in [2.75, 3.05) is 6.26 Å². The van der Waals surface area contributed by atoms with Gasteiger partial charge in [-0.2, -0.15) is 4.39 Å². The van der Waals surface area contributed by atoms with E-state index in [1.54, 1.807) is 30.6 Å². The number of hydrogen-bond donors (Lipinski definition) is 5. The molecule has 1 aliphatic carbocycles. The number of carbonyl (C=O) groups excluding carboxylic acids is 1. The van der Waals surface area contributed by atoms with E-state index in [0.717, 1.165) is 18.4 Å². The topological polar surface area (TPSA) is 107 Å². The van der Waals surface area contributed by atoms with E-state index in [-0.39, 0.29) is 11.8 Å². The molecule has 126 valence electrons. The zero-order valence-corrected chi connectivity index (χ0v) is 13.3. The Labute approximate surface area is 135 Å². The molecule has 7 nitrogen and oxygen atoms in total. The smallest absolute Gasteiger partial charge is 0.241 e. The molecule has 1 amide bonds. The van der Waals surface area contributed by atoms with E-state index >= 15 is 0 Å². The largest absolute Gasteiger partial charge is 0.309 e. The fraction of sp³-hybridized carbons (Fsp3) is 0.286. The van der Waals surface area contributed by atoms with Gasteiger partial charge in [0.05, 0.1) is 0 Å². The van der Waals surface area contributed by atoms with Crippen LogP contribution < -0.4 is 15.6 Å². The van der Waals surface area contributed by atoms with Crippen molar-refractivity contribution in [1.82, 2.24) is 20.6 Å². The van der Waals surface area contributed by atoms with Crippen molar-refractivity contribution in [2.45, 2.75) is 12.8 Å². The van der Waals surface area contributed by atoms with Crippen molar-refractivity contribution >= 4 is 22.3 Å².